The lowest BCUT2D eigenvalue weighted by atomic mass is 9.98. The summed E-state index contributed by atoms with van der Waals surface area (Å²) in [5, 5.41) is 23.0. The lowest BCUT2D eigenvalue weighted by Crippen LogP contribution is -2.49. The van der Waals surface area contributed by atoms with Gasteiger partial charge in [0.2, 0.25) is 5.91 Å². The fraction of sp³-hybridized carbons (Fsp3) is 0.385. The second-order valence-corrected chi connectivity index (χ2v) is 8.27. The first-order chi connectivity index (χ1) is 16.9. The Hall–Kier alpha value is -3.90. The van der Waals surface area contributed by atoms with Crippen molar-refractivity contribution in [2.75, 3.05) is 20.3 Å². The highest BCUT2D eigenvalue weighted by molar-refractivity contribution is 5.85. The number of fused-ring (bicyclic) bond motifs is 3. The Bertz CT molecular complexity index is 1050. The number of nitrogens with one attached hydrogen (secondary N) is 2. The number of ether oxygens (including phenoxy) is 2. The number of unbranched alkanes of at least 4 members (excludes halogenated alkanes) is 1. The van der Waals surface area contributed by atoms with Crippen molar-refractivity contribution in [2.45, 2.75) is 43.7 Å². The van der Waals surface area contributed by atoms with Gasteiger partial charge in [-0.15, -0.1) is 0 Å². The molecule has 2 aromatic rings. The van der Waals surface area contributed by atoms with Gasteiger partial charge < -0.3 is 25.2 Å². The zero-order valence-electron chi connectivity index (χ0n) is 19.5. The number of rotatable bonds is 12. The molecule has 3 rings (SSSR count). The number of hydrogen-bond donors (Lipinski definition) is 3. The van der Waals surface area contributed by atoms with Crippen LogP contribution in [0.4, 0.5) is 4.79 Å². The molecule has 0 aromatic heterocycles. The first kappa shape index (κ1) is 25.7. The van der Waals surface area contributed by atoms with Gasteiger partial charge in [-0.3, -0.25) is 9.59 Å². The molecule has 2 unspecified atom stereocenters. The summed E-state index contributed by atoms with van der Waals surface area (Å²) in [5.74, 6) is -1.66. The molecular formula is C26H29N3O6. The predicted molar refractivity (Wildman–Crippen MR) is 128 cm³/mol. The summed E-state index contributed by atoms with van der Waals surface area (Å²) in [6, 6.07) is 17.1. The lowest BCUT2D eigenvalue weighted by Gasteiger charge is -2.21. The molecule has 1 aliphatic carbocycles. The number of benzene rings is 2. The Labute approximate surface area is 204 Å². The number of amides is 2. The van der Waals surface area contributed by atoms with Gasteiger partial charge in [0.15, 0.2) is 0 Å². The van der Waals surface area contributed by atoms with E-state index >= 15 is 0 Å². The van der Waals surface area contributed by atoms with E-state index in [-0.39, 0.29) is 38.3 Å². The van der Waals surface area contributed by atoms with E-state index in [1.807, 2.05) is 54.6 Å². The molecular weight excluding hydrogens is 450 g/mol. The standard InChI is InChI=1S/C26H29N3O6/c1-34-17(14-24(30)31)15-28-25(32)23(12-6-7-13-27)29-26(33)35-16-22-20-10-4-2-8-18(20)19-9-3-5-11-21(19)22/h2-5,8-11,17,22-23H,6-7,12,14-16H2,1H3,(H,28,32)(H,29,33)(H,30,31). The Kier molecular flexibility index (Phi) is 9.21. The lowest BCUT2D eigenvalue weighted by molar-refractivity contribution is -0.140. The molecule has 0 saturated heterocycles. The van der Waals surface area contributed by atoms with E-state index < -0.39 is 30.1 Å². The molecule has 0 saturated carbocycles. The zero-order chi connectivity index (χ0) is 25.2. The minimum Gasteiger partial charge on any atom is -0.481 e. The van der Waals surface area contributed by atoms with Crippen LogP contribution in [0.2, 0.25) is 0 Å². The summed E-state index contributed by atoms with van der Waals surface area (Å²) in [4.78, 5) is 36.2. The Balaban J connectivity index is 1.61. The van der Waals surface area contributed by atoms with Crippen LogP contribution < -0.4 is 10.6 Å². The quantitative estimate of drug-likeness (QED) is 0.398. The molecule has 0 radical (unpaired) electrons. The van der Waals surface area contributed by atoms with E-state index in [0.717, 1.165) is 22.3 Å². The van der Waals surface area contributed by atoms with Gasteiger partial charge in [0.1, 0.15) is 12.6 Å². The van der Waals surface area contributed by atoms with E-state index in [2.05, 4.69) is 10.6 Å². The number of carboxylic acid groups (broad SMARTS) is 1. The van der Waals surface area contributed by atoms with Crippen molar-refractivity contribution in [3.05, 3.63) is 59.7 Å². The van der Waals surface area contributed by atoms with E-state index in [1.165, 1.54) is 7.11 Å². The number of carbonyl (C=O) groups excluding carboxylic acids is 2. The second-order valence-electron chi connectivity index (χ2n) is 8.27. The third-order valence-corrected chi connectivity index (χ3v) is 5.97. The number of carboxylic acids is 1. The van der Waals surface area contributed by atoms with E-state index in [4.69, 9.17) is 19.8 Å². The number of aliphatic carboxylic acids is 1. The van der Waals surface area contributed by atoms with Gasteiger partial charge in [-0.25, -0.2) is 4.79 Å². The summed E-state index contributed by atoms with van der Waals surface area (Å²) < 4.78 is 10.6. The van der Waals surface area contributed by atoms with E-state index in [1.54, 1.807) is 0 Å². The third kappa shape index (κ3) is 6.80. The largest absolute Gasteiger partial charge is 0.481 e. The van der Waals surface area contributed by atoms with Crippen molar-refractivity contribution in [1.29, 1.82) is 5.26 Å². The number of methoxy groups -OCH3 is 1. The number of nitrogens with zero attached hydrogens (tertiary/aromatic N) is 1. The fourth-order valence-corrected chi connectivity index (χ4v) is 4.21. The highest BCUT2D eigenvalue weighted by Crippen LogP contribution is 2.44. The van der Waals surface area contributed by atoms with Gasteiger partial charge >= 0.3 is 12.1 Å². The molecule has 0 spiro atoms. The topological polar surface area (TPSA) is 138 Å². The maximum absolute atomic E-state index is 12.7. The van der Waals surface area contributed by atoms with Gasteiger partial charge in [-0.2, -0.15) is 5.26 Å². The summed E-state index contributed by atoms with van der Waals surface area (Å²) >= 11 is 0. The van der Waals surface area contributed by atoms with Crippen LogP contribution in [0, 0.1) is 11.3 Å². The van der Waals surface area contributed by atoms with Gasteiger partial charge in [0.05, 0.1) is 18.6 Å². The molecule has 0 bridgehead atoms. The number of hydrogen-bond acceptors (Lipinski definition) is 6. The third-order valence-electron chi connectivity index (χ3n) is 5.97. The first-order valence-corrected chi connectivity index (χ1v) is 11.4. The maximum Gasteiger partial charge on any atom is 0.407 e. The SMILES string of the molecule is COC(CNC(=O)C(CCCC#N)NC(=O)OCC1c2ccccc2-c2ccccc21)CC(=O)O. The van der Waals surface area contributed by atoms with Crippen molar-refractivity contribution in [2.24, 2.45) is 0 Å². The molecule has 1 aliphatic rings. The zero-order valence-corrected chi connectivity index (χ0v) is 19.5. The van der Waals surface area contributed by atoms with Crippen LogP contribution in [0.3, 0.4) is 0 Å². The van der Waals surface area contributed by atoms with Gasteiger partial charge in [-0.1, -0.05) is 48.5 Å². The predicted octanol–water partition coefficient (Wildman–Crippen LogP) is 3.19. The molecule has 0 fully saturated rings. The van der Waals surface area contributed by atoms with Crippen LogP contribution in [0.5, 0.6) is 0 Å². The van der Waals surface area contributed by atoms with Crippen molar-refractivity contribution in [3.63, 3.8) is 0 Å². The molecule has 2 aromatic carbocycles. The van der Waals surface area contributed by atoms with Crippen molar-refractivity contribution in [3.8, 4) is 17.2 Å². The Morgan fingerprint density at radius 2 is 1.71 bits per heavy atom. The molecule has 0 heterocycles. The summed E-state index contributed by atoms with van der Waals surface area (Å²) in [7, 11) is 1.36. The van der Waals surface area contributed by atoms with Gasteiger partial charge in [0, 0.05) is 26.0 Å². The van der Waals surface area contributed by atoms with E-state index in [0.29, 0.717) is 6.42 Å². The summed E-state index contributed by atoms with van der Waals surface area (Å²) in [6.07, 6.45) is -0.837. The van der Waals surface area contributed by atoms with Crippen LogP contribution in [0.15, 0.2) is 48.5 Å². The highest BCUT2D eigenvalue weighted by atomic mass is 16.5. The average Bonchev–Trinajstić information content (AvgIpc) is 3.18. The van der Waals surface area contributed by atoms with Crippen LogP contribution in [0.1, 0.15) is 42.7 Å². The van der Waals surface area contributed by atoms with Crippen LogP contribution in [0.25, 0.3) is 11.1 Å². The maximum atomic E-state index is 12.7. The average molecular weight is 480 g/mol. The van der Waals surface area contributed by atoms with Crippen LogP contribution >= 0.6 is 0 Å². The number of nitriles is 1. The van der Waals surface area contributed by atoms with Crippen LogP contribution in [-0.4, -0.2) is 55.5 Å². The van der Waals surface area contributed by atoms with Gasteiger partial charge in [0.25, 0.3) is 0 Å². The molecule has 0 aliphatic heterocycles. The second kappa shape index (κ2) is 12.5. The number of alkyl carbamates (subject to hydrolysis) is 1. The molecule has 9 heteroatoms. The molecule has 3 N–H and O–H groups in total. The summed E-state index contributed by atoms with van der Waals surface area (Å²) in [5.41, 5.74) is 4.38. The van der Waals surface area contributed by atoms with Crippen LogP contribution in [-0.2, 0) is 19.1 Å². The molecule has 2 amide bonds. The van der Waals surface area contributed by atoms with Gasteiger partial charge in [-0.05, 0) is 35.1 Å². The Morgan fingerprint density at radius 1 is 1.09 bits per heavy atom. The minimum absolute atomic E-state index is 0.0250. The monoisotopic (exact) mass is 479 g/mol. The van der Waals surface area contributed by atoms with E-state index in [9.17, 15) is 14.4 Å². The first-order valence-electron chi connectivity index (χ1n) is 11.4. The summed E-state index contributed by atoms with van der Waals surface area (Å²) in [6.45, 7) is 0.0828. The molecule has 9 nitrogen and oxygen atoms in total. The molecule has 35 heavy (non-hydrogen) atoms. The smallest absolute Gasteiger partial charge is 0.407 e. The highest BCUT2D eigenvalue weighted by Gasteiger charge is 2.30. The number of carbonyl (C=O) groups is 3. The Morgan fingerprint density at radius 3 is 2.29 bits per heavy atom. The van der Waals surface area contributed by atoms with Crippen molar-refractivity contribution >= 4 is 18.0 Å². The normalized spacial score (nSPS) is 13.6. The van der Waals surface area contributed by atoms with Crippen molar-refractivity contribution in [1.82, 2.24) is 10.6 Å². The minimum atomic E-state index is -1.05. The fourth-order valence-electron chi connectivity index (χ4n) is 4.21. The van der Waals surface area contributed by atoms with Crippen molar-refractivity contribution < 1.29 is 29.0 Å². The molecule has 184 valence electrons. The molecule has 2 atom stereocenters.